The predicted octanol–water partition coefficient (Wildman–Crippen LogP) is 4.06. The third kappa shape index (κ3) is 4.71. The molecule has 0 fully saturated rings. The summed E-state index contributed by atoms with van der Waals surface area (Å²) >= 11 is 0. The molecule has 0 aromatic heterocycles. The van der Waals surface area contributed by atoms with Crippen LogP contribution in [0.5, 0.6) is 0 Å². The monoisotopic (exact) mass is 438 g/mol. The molecular formula is C26H30O6. The fourth-order valence-corrected chi connectivity index (χ4v) is 3.46. The fraction of sp³-hybridized carbons (Fsp3) is 0.346. The van der Waals surface area contributed by atoms with Gasteiger partial charge in [0.15, 0.2) is 5.60 Å². The molecule has 0 spiro atoms. The third-order valence-corrected chi connectivity index (χ3v) is 5.41. The molecule has 6 nitrogen and oxygen atoms in total. The lowest BCUT2D eigenvalue weighted by atomic mass is 9.68. The highest BCUT2D eigenvalue weighted by atomic mass is 16.5. The van der Waals surface area contributed by atoms with Crippen molar-refractivity contribution in [3.8, 4) is 0 Å². The molecule has 1 aromatic carbocycles. The lowest BCUT2D eigenvalue weighted by Crippen LogP contribution is -2.66. The minimum absolute atomic E-state index is 0.0573. The Morgan fingerprint density at radius 2 is 1.62 bits per heavy atom. The fourth-order valence-electron chi connectivity index (χ4n) is 3.46. The van der Waals surface area contributed by atoms with Crippen LogP contribution in [0.2, 0.25) is 0 Å². The van der Waals surface area contributed by atoms with Gasteiger partial charge in [0.05, 0.1) is 0 Å². The van der Waals surface area contributed by atoms with Crippen molar-refractivity contribution < 1.29 is 29.3 Å². The van der Waals surface area contributed by atoms with Gasteiger partial charge in [-0.2, -0.15) is 0 Å². The number of hydrogen-bond acceptors (Lipinski definition) is 6. The number of carbonyl (C=O) groups excluding carboxylic acids is 3. The van der Waals surface area contributed by atoms with Crippen LogP contribution in [0.1, 0.15) is 46.1 Å². The molecule has 0 radical (unpaired) electrons. The zero-order chi connectivity index (χ0) is 24.1. The number of allylic oxidation sites excluding steroid dienone is 3. The first-order chi connectivity index (χ1) is 15.0. The minimum atomic E-state index is -3.01. The van der Waals surface area contributed by atoms with Crippen LogP contribution < -0.4 is 0 Å². The maximum Gasteiger partial charge on any atom is 0.252 e. The van der Waals surface area contributed by atoms with Crippen molar-refractivity contribution in [1.29, 1.82) is 0 Å². The third-order valence-electron chi connectivity index (χ3n) is 5.41. The molecule has 32 heavy (non-hydrogen) atoms. The summed E-state index contributed by atoms with van der Waals surface area (Å²) < 4.78 is 5.44. The molecule has 2 atom stereocenters. The Kier molecular flexibility index (Phi) is 7.88. The highest BCUT2D eigenvalue weighted by molar-refractivity contribution is 6.38. The quantitative estimate of drug-likeness (QED) is 0.361. The lowest BCUT2D eigenvalue weighted by molar-refractivity contribution is -0.170. The molecule has 0 saturated heterocycles. The van der Waals surface area contributed by atoms with Crippen molar-refractivity contribution in [1.82, 2.24) is 0 Å². The van der Waals surface area contributed by atoms with Crippen LogP contribution in [0.4, 0.5) is 0 Å². The number of benzene rings is 1. The first-order valence-electron chi connectivity index (χ1n) is 10.3. The first-order valence-corrected chi connectivity index (χ1v) is 10.3. The Balaban J connectivity index is 2.67. The van der Waals surface area contributed by atoms with Crippen LogP contribution in [0.3, 0.4) is 0 Å². The van der Waals surface area contributed by atoms with Gasteiger partial charge in [-0.15, -0.1) is 0 Å². The van der Waals surface area contributed by atoms with E-state index in [0.717, 1.165) is 17.2 Å². The average Bonchev–Trinajstić information content (AvgIpc) is 2.76. The second-order valence-electron chi connectivity index (χ2n) is 8.31. The zero-order valence-electron chi connectivity index (χ0n) is 19.1. The van der Waals surface area contributed by atoms with Crippen LogP contribution in [0.15, 0.2) is 71.0 Å². The summed E-state index contributed by atoms with van der Waals surface area (Å²) in [5.41, 5.74) is -2.93. The van der Waals surface area contributed by atoms with Gasteiger partial charge in [0.1, 0.15) is 5.76 Å². The predicted molar refractivity (Wildman–Crippen MR) is 123 cm³/mol. The summed E-state index contributed by atoms with van der Waals surface area (Å²) in [4.78, 5) is 39.8. The van der Waals surface area contributed by atoms with Gasteiger partial charge in [-0.3, -0.25) is 14.4 Å². The summed E-state index contributed by atoms with van der Waals surface area (Å²) in [6, 6.07) is 8.81. The maximum absolute atomic E-state index is 13.5. The number of Topliss-reactive ketones (excluding diaryl/α,β-unsaturated/α-hetero) is 2. The van der Waals surface area contributed by atoms with Crippen molar-refractivity contribution in [3.63, 3.8) is 0 Å². The number of ketones is 3. The normalized spacial score (nSPS) is 23.4. The molecule has 2 N–H and O–H groups in total. The van der Waals surface area contributed by atoms with E-state index >= 15 is 0 Å². The Labute approximate surface area is 188 Å². The number of ether oxygens (including phenoxy) is 1. The summed E-state index contributed by atoms with van der Waals surface area (Å²) in [5.74, 6) is -3.99. The number of rotatable bonds is 8. The Morgan fingerprint density at radius 3 is 2.16 bits per heavy atom. The molecule has 0 bridgehead atoms. The molecule has 0 saturated carbocycles. The highest BCUT2D eigenvalue weighted by Crippen LogP contribution is 2.40. The number of methoxy groups -OCH3 is 1. The summed E-state index contributed by atoms with van der Waals surface area (Å²) in [7, 11) is 1.20. The van der Waals surface area contributed by atoms with E-state index in [1.807, 2.05) is 13.8 Å². The van der Waals surface area contributed by atoms with Gasteiger partial charge in [0.2, 0.25) is 17.3 Å². The van der Waals surface area contributed by atoms with Gasteiger partial charge in [0, 0.05) is 19.1 Å². The Hall–Kier alpha value is -3.09. The average molecular weight is 439 g/mol. The summed E-state index contributed by atoms with van der Waals surface area (Å²) in [6.07, 6.45) is 5.55. The van der Waals surface area contributed by atoms with Gasteiger partial charge in [-0.25, -0.2) is 0 Å². The van der Waals surface area contributed by atoms with E-state index in [-0.39, 0.29) is 18.4 Å². The molecule has 6 heteroatoms. The number of carbonyl (C=O) groups is 3. The molecule has 2 rings (SSSR count). The molecule has 0 amide bonds. The molecule has 1 aromatic rings. The van der Waals surface area contributed by atoms with Gasteiger partial charge in [-0.05, 0) is 45.8 Å². The van der Waals surface area contributed by atoms with E-state index in [2.05, 4.69) is 0 Å². The summed E-state index contributed by atoms with van der Waals surface area (Å²) in [6.45, 7) is 7.21. The number of aliphatic hydroxyl groups excluding tert-OH is 1. The lowest BCUT2D eigenvalue weighted by Gasteiger charge is -2.40. The SMILES string of the molecule is CO[C@@]1(CC=C(C)C)C(=O)[C@](O)(C(=O)/C=C/c2ccccc2)C(=O)C(CC=C(C)C)=C1O. The van der Waals surface area contributed by atoms with Crippen molar-refractivity contribution in [2.24, 2.45) is 0 Å². The van der Waals surface area contributed by atoms with Crippen LogP contribution in [-0.2, 0) is 19.1 Å². The van der Waals surface area contributed by atoms with E-state index in [1.165, 1.54) is 13.2 Å². The van der Waals surface area contributed by atoms with Gasteiger partial charge in [0.25, 0.3) is 5.60 Å². The van der Waals surface area contributed by atoms with Crippen molar-refractivity contribution >= 4 is 23.4 Å². The van der Waals surface area contributed by atoms with E-state index in [4.69, 9.17) is 4.74 Å². The van der Waals surface area contributed by atoms with Crippen molar-refractivity contribution in [3.05, 3.63) is 76.6 Å². The second kappa shape index (κ2) is 10.0. The second-order valence-corrected chi connectivity index (χ2v) is 8.31. The van der Waals surface area contributed by atoms with Gasteiger partial charge < -0.3 is 14.9 Å². The topological polar surface area (TPSA) is 101 Å². The van der Waals surface area contributed by atoms with Gasteiger partial charge in [-0.1, -0.05) is 59.7 Å². The largest absolute Gasteiger partial charge is 0.508 e. The van der Waals surface area contributed by atoms with Crippen LogP contribution in [0, 0.1) is 0 Å². The zero-order valence-corrected chi connectivity index (χ0v) is 19.1. The van der Waals surface area contributed by atoms with Crippen molar-refractivity contribution in [2.75, 3.05) is 7.11 Å². The molecule has 0 heterocycles. The minimum Gasteiger partial charge on any atom is -0.508 e. The van der Waals surface area contributed by atoms with E-state index in [0.29, 0.717) is 5.56 Å². The molecule has 170 valence electrons. The molecule has 0 aliphatic heterocycles. The standard InChI is InChI=1S/C26H30O6/c1-17(2)11-13-20-22(28)25(32-5,16-15-18(3)4)24(30)26(31,23(20)29)21(27)14-12-19-9-7-6-8-10-19/h6-12,14-15,28,31H,13,16H2,1-5H3/b14-12+/t25-,26+/m1/s1. The molecular weight excluding hydrogens is 408 g/mol. The van der Waals surface area contributed by atoms with Crippen molar-refractivity contribution in [2.45, 2.75) is 51.7 Å². The van der Waals surface area contributed by atoms with E-state index in [1.54, 1.807) is 56.3 Å². The molecule has 1 aliphatic rings. The van der Waals surface area contributed by atoms with E-state index in [9.17, 15) is 24.6 Å². The van der Waals surface area contributed by atoms with Crippen LogP contribution in [-0.4, -0.2) is 45.9 Å². The first kappa shape index (κ1) is 25.2. The highest BCUT2D eigenvalue weighted by Gasteiger charge is 2.64. The Bertz CT molecular complexity index is 1020. The smallest absolute Gasteiger partial charge is 0.252 e. The van der Waals surface area contributed by atoms with Crippen LogP contribution >= 0.6 is 0 Å². The molecule has 0 unspecified atom stereocenters. The molecule has 1 aliphatic carbocycles. The Morgan fingerprint density at radius 1 is 1.03 bits per heavy atom. The van der Waals surface area contributed by atoms with Crippen LogP contribution in [0.25, 0.3) is 6.08 Å². The van der Waals surface area contributed by atoms with Gasteiger partial charge >= 0.3 is 0 Å². The van der Waals surface area contributed by atoms with E-state index < -0.39 is 34.3 Å². The summed E-state index contributed by atoms with van der Waals surface area (Å²) in [5, 5.41) is 22.3. The maximum atomic E-state index is 13.5. The number of hydrogen-bond donors (Lipinski definition) is 2. The number of aliphatic hydroxyl groups is 2.